The van der Waals surface area contributed by atoms with Crippen LogP contribution in [0.1, 0.15) is 24.1 Å². The molecule has 0 bridgehead atoms. The molecule has 152 valence electrons. The maximum atomic E-state index is 12.9. The van der Waals surface area contributed by atoms with Gasteiger partial charge in [0.2, 0.25) is 5.91 Å². The van der Waals surface area contributed by atoms with E-state index in [9.17, 15) is 9.59 Å². The number of carbonyl (C=O) groups is 1. The zero-order valence-electron chi connectivity index (χ0n) is 16.9. The lowest BCUT2D eigenvalue weighted by Crippen LogP contribution is -2.33. The summed E-state index contributed by atoms with van der Waals surface area (Å²) in [4.78, 5) is 29.3. The summed E-state index contributed by atoms with van der Waals surface area (Å²) in [7, 11) is 0. The topological polar surface area (TPSA) is 76.9 Å². The number of hydrogen-bond donors (Lipinski definition) is 1. The lowest BCUT2D eigenvalue weighted by molar-refractivity contribution is -0.119. The molecule has 5 rings (SSSR count). The third-order valence-corrected chi connectivity index (χ3v) is 5.61. The average Bonchev–Trinajstić information content (AvgIpc) is 3.17. The molecule has 1 aliphatic carbocycles. The number of hydrogen-bond acceptors (Lipinski definition) is 4. The fourth-order valence-electron chi connectivity index (χ4n) is 3.96. The normalized spacial score (nSPS) is 12.7. The fraction of sp³-hybridized carbons (Fsp3) is 0.120. The van der Waals surface area contributed by atoms with Gasteiger partial charge in [-0.3, -0.25) is 14.6 Å². The van der Waals surface area contributed by atoms with E-state index >= 15 is 0 Å². The van der Waals surface area contributed by atoms with Gasteiger partial charge in [0.05, 0.1) is 5.69 Å². The molecule has 2 aromatic carbocycles. The number of nitrogens with one attached hydrogen (secondary N) is 1. The summed E-state index contributed by atoms with van der Waals surface area (Å²) in [6.07, 6.45) is 4.17. The molecule has 0 spiro atoms. The third kappa shape index (κ3) is 3.53. The molecule has 0 fully saturated rings. The highest BCUT2D eigenvalue weighted by Gasteiger charge is 2.21. The zero-order valence-corrected chi connectivity index (χ0v) is 16.9. The number of fused-ring (bicyclic) bond motifs is 3. The van der Waals surface area contributed by atoms with Gasteiger partial charge in [-0.05, 0) is 65.9 Å². The van der Waals surface area contributed by atoms with Crippen LogP contribution in [0, 0.1) is 0 Å². The van der Waals surface area contributed by atoms with E-state index in [1.165, 1.54) is 33.0 Å². The molecule has 1 atom stereocenters. The zero-order chi connectivity index (χ0) is 21.4. The first kappa shape index (κ1) is 18.9. The monoisotopic (exact) mass is 408 g/mol. The molecule has 0 radical (unpaired) electrons. The van der Waals surface area contributed by atoms with Gasteiger partial charge in [-0.1, -0.05) is 30.3 Å². The minimum Gasteiger partial charge on any atom is -0.324 e. The van der Waals surface area contributed by atoms with Gasteiger partial charge in [0.25, 0.3) is 5.56 Å². The van der Waals surface area contributed by atoms with Crippen LogP contribution in [0.5, 0.6) is 0 Å². The molecule has 0 saturated carbocycles. The maximum Gasteiger partial charge on any atom is 0.267 e. The number of rotatable bonds is 4. The van der Waals surface area contributed by atoms with Gasteiger partial charge in [-0.15, -0.1) is 0 Å². The summed E-state index contributed by atoms with van der Waals surface area (Å²) >= 11 is 0. The van der Waals surface area contributed by atoms with Crippen LogP contribution in [0.25, 0.3) is 22.4 Å². The number of anilines is 1. The Hall–Kier alpha value is -4.06. The van der Waals surface area contributed by atoms with Crippen LogP contribution in [-0.2, 0) is 11.2 Å². The number of pyridine rings is 1. The molecule has 2 heterocycles. The Morgan fingerprint density at radius 3 is 2.58 bits per heavy atom. The van der Waals surface area contributed by atoms with Crippen molar-refractivity contribution in [1.29, 1.82) is 0 Å². The first-order valence-corrected chi connectivity index (χ1v) is 10.1. The quantitative estimate of drug-likeness (QED) is 0.486. The van der Waals surface area contributed by atoms with Gasteiger partial charge in [0, 0.05) is 29.7 Å². The molecular formula is C25H20N4O2. The Balaban J connectivity index is 1.38. The molecule has 4 aromatic rings. The highest BCUT2D eigenvalue weighted by atomic mass is 16.2. The predicted octanol–water partition coefficient (Wildman–Crippen LogP) is 4.08. The second kappa shape index (κ2) is 7.65. The van der Waals surface area contributed by atoms with E-state index < -0.39 is 6.04 Å². The van der Waals surface area contributed by atoms with Crippen LogP contribution in [0.3, 0.4) is 0 Å². The highest BCUT2D eigenvalue weighted by Crippen LogP contribution is 2.37. The first-order valence-electron chi connectivity index (χ1n) is 10.1. The van der Waals surface area contributed by atoms with Crippen molar-refractivity contribution >= 4 is 11.6 Å². The summed E-state index contributed by atoms with van der Waals surface area (Å²) in [6, 6.07) is 20.2. The van der Waals surface area contributed by atoms with Crippen molar-refractivity contribution in [3.63, 3.8) is 0 Å². The lowest BCUT2D eigenvalue weighted by Gasteiger charge is -2.15. The Kier molecular flexibility index (Phi) is 4.67. The summed E-state index contributed by atoms with van der Waals surface area (Å²) < 4.78 is 1.22. The minimum absolute atomic E-state index is 0.295. The summed E-state index contributed by atoms with van der Waals surface area (Å²) in [5.74, 6) is -0.295. The summed E-state index contributed by atoms with van der Waals surface area (Å²) in [6.45, 7) is 1.67. The van der Waals surface area contributed by atoms with Gasteiger partial charge in [-0.2, -0.15) is 5.10 Å². The van der Waals surface area contributed by atoms with Crippen molar-refractivity contribution in [3.8, 4) is 22.4 Å². The van der Waals surface area contributed by atoms with Crippen molar-refractivity contribution in [2.45, 2.75) is 19.4 Å². The Morgan fingerprint density at radius 1 is 0.968 bits per heavy atom. The highest BCUT2D eigenvalue weighted by molar-refractivity contribution is 5.94. The van der Waals surface area contributed by atoms with E-state index in [0.717, 1.165) is 12.0 Å². The van der Waals surface area contributed by atoms with Gasteiger partial charge >= 0.3 is 0 Å². The van der Waals surface area contributed by atoms with Crippen molar-refractivity contribution < 1.29 is 4.79 Å². The Morgan fingerprint density at radius 2 is 1.74 bits per heavy atom. The number of aromatic nitrogens is 3. The first-order chi connectivity index (χ1) is 15.1. The van der Waals surface area contributed by atoms with E-state index in [1.807, 2.05) is 42.5 Å². The van der Waals surface area contributed by atoms with E-state index in [0.29, 0.717) is 11.4 Å². The van der Waals surface area contributed by atoms with Crippen molar-refractivity contribution in [1.82, 2.24) is 14.8 Å². The predicted molar refractivity (Wildman–Crippen MR) is 120 cm³/mol. The van der Waals surface area contributed by atoms with Crippen molar-refractivity contribution in [2.75, 3.05) is 5.32 Å². The largest absolute Gasteiger partial charge is 0.324 e. The van der Waals surface area contributed by atoms with Crippen LogP contribution < -0.4 is 10.9 Å². The number of nitrogens with zero attached hydrogens (tertiary/aromatic N) is 3. The van der Waals surface area contributed by atoms with Gasteiger partial charge in [0.15, 0.2) is 0 Å². The fourth-order valence-corrected chi connectivity index (χ4v) is 3.96. The van der Waals surface area contributed by atoms with Crippen LogP contribution >= 0.6 is 0 Å². The van der Waals surface area contributed by atoms with E-state index in [4.69, 9.17) is 0 Å². The molecular weight excluding hydrogens is 388 g/mol. The lowest BCUT2D eigenvalue weighted by atomic mass is 10.1. The van der Waals surface area contributed by atoms with Crippen LogP contribution in [0.2, 0.25) is 0 Å². The maximum absolute atomic E-state index is 12.9. The molecule has 6 nitrogen and oxygen atoms in total. The van der Waals surface area contributed by atoms with Crippen LogP contribution in [0.15, 0.2) is 83.9 Å². The van der Waals surface area contributed by atoms with Crippen LogP contribution in [0.4, 0.5) is 5.69 Å². The average molecular weight is 408 g/mol. The smallest absolute Gasteiger partial charge is 0.267 e. The summed E-state index contributed by atoms with van der Waals surface area (Å²) in [5.41, 5.74) is 6.73. The van der Waals surface area contributed by atoms with Crippen molar-refractivity contribution in [3.05, 3.63) is 101 Å². The molecule has 2 aromatic heterocycles. The number of carbonyl (C=O) groups excluding carboxylic acids is 1. The van der Waals surface area contributed by atoms with Crippen molar-refractivity contribution in [2.24, 2.45) is 0 Å². The van der Waals surface area contributed by atoms with Crippen LogP contribution in [-0.4, -0.2) is 20.7 Å². The SMILES string of the molecule is CC(C(=O)Nc1ccc2c(c1)Cc1ccccc1-2)n1nc(-c2ccncc2)ccc1=O. The van der Waals surface area contributed by atoms with E-state index in [2.05, 4.69) is 27.5 Å². The van der Waals surface area contributed by atoms with E-state index in [-0.39, 0.29) is 11.5 Å². The third-order valence-electron chi connectivity index (χ3n) is 5.61. The molecule has 1 unspecified atom stereocenters. The van der Waals surface area contributed by atoms with E-state index in [1.54, 1.807) is 25.4 Å². The second-order valence-electron chi connectivity index (χ2n) is 7.61. The molecule has 6 heteroatoms. The molecule has 1 N–H and O–H groups in total. The minimum atomic E-state index is -0.764. The number of benzene rings is 2. The number of amides is 1. The van der Waals surface area contributed by atoms with Gasteiger partial charge < -0.3 is 5.32 Å². The Labute approximate surface area is 179 Å². The molecule has 0 saturated heterocycles. The molecule has 1 aliphatic rings. The van der Waals surface area contributed by atoms with Gasteiger partial charge in [0.1, 0.15) is 6.04 Å². The second-order valence-corrected chi connectivity index (χ2v) is 7.61. The molecule has 0 aliphatic heterocycles. The molecule has 31 heavy (non-hydrogen) atoms. The Bertz CT molecular complexity index is 1350. The summed E-state index contributed by atoms with van der Waals surface area (Å²) in [5, 5.41) is 7.34. The standard InChI is InChI=1S/C25H20N4O2/c1-16(29-24(30)9-8-23(28-29)17-10-12-26-13-11-17)25(31)27-20-6-7-22-19(15-20)14-18-4-2-3-5-21(18)22/h2-13,15-16H,14H2,1H3,(H,27,31). The molecule has 1 amide bonds. The van der Waals surface area contributed by atoms with Gasteiger partial charge in [-0.25, -0.2) is 4.68 Å².